The SMILES string of the molecule is Cc1c(C=O)cc(I)cc1-c1cccc(Cl)c1. The predicted molar refractivity (Wildman–Crippen MR) is 79.7 cm³/mol. The molecule has 86 valence electrons. The number of aldehydes is 1. The molecule has 2 aromatic rings. The van der Waals surface area contributed by atoms with E-state index in [-0.39, 0.29) is 0 Å². The summed E-state index contributed by atoms with van der Waals surface area (Å²) < 4.78 is 1.05. The fraction of sp³-hybridized carbons (Fsp3) is 0.0714. The molecule has 0 spiro atoms. The van der Waals surface area contributed by atoms with Gasteiger partial charge >= 0.3 is 0 Å². The third-order valence-corrected chi connectivity index (χ3v) is 3.53. The van der Waals surface area contributed by atoms with Crippen molar-refractivity contribution in [2.24, 2.45) is 0 Å². The van der Waals surface area contributed by atoms with Crippen LogP contribution >= 0.6 is 34.2 Å². The topological polar surface area (TPSA) is 17.1 Å². The van der Waals surface area contributed by atoms with Crippen LogP contribution in [0.25, 0.3) is 11.1 Å². The van der Waals surface area contributed by atoms with Crippen LogP contribution in [0.1, 0.15) is 15.9 Å². The van der Waals surface area contributed by atoms with Crippen molar-refractivity contribution >= 4 is 40.5 Å². The largest absolute Gasteiger partial charge is 0.298 e. The van der Waals surface area contributed by atoms with Gasteiger partial charge in [-0.3, -0.25) is 4.79 Å². The maximum absolute atomic E-state index is 11.0. The van der Waals surface area contributed by atoms with E-state index in [1.54, 1.807) is 0 Å². The number of hydrogen-bond acceptors (Lipinski definition) is 1. The van der Waals surface area contributed by atoms with Crippen LogP contribution in [0.5, 0.6) is 0 Å². The molecule has 0 atom stereocenters. The Morgan fingerprint density at radius 1 is 1.24 bits per heavy atom. The second kappa shape index (κ2) is 5.19. The smallest absolute Gasteiger partial charge is 0.150 e. The zero-order valence-electron chi connectivity index (χ0n) is 9.21. The summed E-state index contributed by atoms with van der Waals surface area (Å²) in [7, 11) is 0. The molecular formula is C14H10ClIO. The van der Waals surface area contributed by atoms with E-state index in [9.17, 15) is 4.79 Å². The molecule has 0 heterocycles. The van der Waals surface area contributed by atoms with Crippen molar-refractivity contribution in [2.45, 2.75) is 6.92 Å². The van der Waals surface area contributed by atoms with Gasteiger partial charge in [-0.1, -0.05) is 23.7 Å². The van der Waals surface area contributed by atoms with Crippen LogP contribution < -0.4 is 0 Å². The third-order valence-electron chi connectivity index (χ3n) is 2.68. The molecule has 0 aliphatic heterocycles. The first-order valence-electron chi connectivity index (χ1n) is 5.13. The lowest BCUT2D eigenvalue weighted by atomic mass is 9.97. The van der Waals surface area contributed by atoms with Gasteiger partial charge in [0.2, 0.25) is 0 Å². The molecule has 0 radical (unpaired) electrons. The Bertz CT molecular complexity index is 578. The van der Waals surface area contributed by atoms with E-state index in [4.69, 9.17) is 11.6 Å². The average molecular weight is 357 g/mol. The highest BCUT2D eigenvalue weighted by Gasteiger charge is 2.08. The van der Waals surface area contributed by atoms with Crippen LogP contribution in [0.2, 0.25) is 5.02 Å². The minimum atomic E-state index is 0.702. The maximum atomic E-state index is 11.0. The zero-order valence-corrected chi connectivity index (χ0v) is 12.1. The Morgan fingerprint density at radius 2 is 2.00 bits per heavy atom. The number of halogens is 2. The molecule has 0 aliphatic rings. The summed E-state index contributed by atoms with van der Waals surface area (Å²) in [5.74, 6) is 0. The van der Waals surface area contributed by atoms with Gasteiger partial charge in [0, 0.05) is 14.2 Å². The monoisotopic (exact) mass is 356 g/mol. The molecule has 17 heavy (non-hydrogen) atoms. The van der Waals surface area contributed by atoms with Gasteiger partial charge in [0.25, 0.3) is 0 Å². The van der Waals surface area contributed by atoms with Crippen molar-refractivity contribution in [3.05, 3.63) is 56.1 Å². The van der Waals surface area contributed by atoms with Gasteiger partial charge in [-0.2, -0.15) is 0 Å². The quantitative estimate of drug-likeness (QED) is 0.561. The molecule has 0 fully saturated rings. The van der Waals surface area contributed by atoms with E-state index in [0.29, 0.717) is 5.02 Å². The second-order valence-corrected chi connectivity index (χ2v) is 5.48. The van der Waals surface area contributed by atoms with Gasteiger partial charge in [-0.05, 0) is 70.5 Å². The molecule has 3 heteroatoms. The molecule has 0 unspecified atom stereocenters. The van der Waals surface area contributed by atoms with Crippen LogP contribution in [0.4, 0.5) is 0 Å². The van der Waals surface area contributed by atoms with Crippen LogP contribution in [0, 0.1) is 10.5 Å². The summed E-state index contributed by atoms with van der Waals surface area (Å²) >= 11 is 8.20. The van der Waals surface area contributed by atoms with E-state index in [1.807, 2.05) is 37.3 Å². The number of rotatable bonds is 2. The maximum Gasteiger partial charge on any atom is 0.150 e. The molecular weight excluding hydrogens is 347 g/mol. The first-order valence-corrected chi connectivity index (χ1v) is 6.59. The van der Waals surface area contributed by atoms with Crippen LogP contribution in [-0.2, 0) is 0 Å². The Labute approximate surface area is 119 Å². The Hall–Kier alpha value is -0.870. The zero-order chi connectivity index (χ0) is 12.4. The third kappa shape index (κ3) is 2.69. The molecule has 0 bridgehead atoms. The molecule has 0 amide bonds. The molecule has 0 N–H and O–H groups in total. The predicted octanol–water partition coefficient (Wildman–Crippen LogP) is 4.73. The van der Waals surface area contributed by atoms with Gasteiger partial charge < -0.3 is 0 Å². The highest BCUT2D eigenvalue weighted by atomic mass is 127. The lowest BCUT2D eigenvalue weighted by molar-refractivity contribution is 0.112. The second-order valence-electron chi connectivity index (χ2n) is 3.80. The van der Waals surface area contributed by atoms with E-state index >= 15 is 0 Å². The lowest BCUT2D eigenvalue weighted by Gasteiger charge is -2.09. The average Bonchev–Trinajstić information content (AvgIpc) is 2.31. The van der Waals surface area contributed by atoms with Gasteiger partial charge in [0.05, 0.1) is 0 Å². The van der Waals surface area contributed by atoms with Crippen molar-refractivity contribution in [3.8, 4) is 11.1 Å². The van der Waals surface area contributed by atoms with E-state index < -0.39 is 0 Å². The van der Waals surface area contributed by atoms with Crippen molar-refractivity contribution in [1.82, 2.24) is 0 Å². The van der Waals surface area contributed by atoms with Crippen LogP contribution in [0.15, 0.2) is 36.4 Å². The molecule has 0 saturated heterocycles. The molecule has 1 nitrogen and oxygen atoms in total. The number of benzene rings is 2. The summed E-state index contributed by atoms with van der Waals surface area (Å²) in [6.45, 7) is 1.95. The number of carbonyl (C=O) groups excluding carboxylic acids is 1. The van der Waals surface area contributed by atoms with Gasteiger partial charge in [0.15, 0.2) is 0 Å². The first kappa shape index (κ1) is 12.6. The highest BCUT2D eigenvalue weighted by molar-refractivity contribution is 14.1. The van der Waals surface area contributed by atoms with Crippen LogP contribution in [0.3, 0.4) is 0 Å². The Balaban J connectivity index is 2.67. The van der Waals surface area contributed by atoms with Crippen molar-refractivity contribution in [3.63, 3.8) is 0 Å². The van der Waals surface area contributed by atoms with Crippen molar-refractivity contribution in [2.75, 3.05) is 0 Å². The van der Waals surface area contributed by atoms with Gasteiger partial charge in [-0.25, -0.2) is 0 Å². The summed E-state index contributed by atoms with van der Waals surface area (Å²) in [5, 5.41) is 0.702. The lowest BCUT2D eigenvalue weighted by Crippen LogP contribution is -1.92. The highest BCUT2D eigenvalue weighted by Crippen LogP contribution is 2.29. The fourth-order valence-electron chi connectivity index (χ4n) is 1.78. The standard InChI is InChI=1S/C14H10ClIO/c1-9-11(8-17)6-13(16)7-14(9)10-3-2-4-12(15)5-10/h2-8H,1H3. The van der Waals surface area contributed by atoms with Crippen molar-refractivity contribution < 1.29 is 4.79 Å². The van der Waals surface area contributed by atoms with Crippen molar-refractivity contribution in [1.29, 1.82) is 0 Å². The minimum absolute atomic E-state index is 0.702. The Kier molecular flexibility index (Phi) is 3.84. The minimum Gasteiger partial charge on any atom is -0.298 e. The molecule has 0 saturated carbocycles. The fourth-order valence-corrected chi connectivity index (χ4v) is 2.62. The van der Waals surface area contributed by atoms with Crippen LogP contribution in [-0.4, -0.2) is 6.29 Å². The molecule has 2 aromatic carbocycles. The summed E-state index contributed by atoms with van der Waals surface area (Å²) in [6.07, 6.45) is 0.894. The Morgan fingerprint density at radius 3 is 2.65 bits per heavy atom. The summed E-state index contributed by atoms with van der Waals surface area (Å²) in [4.78, 5) is 11.0. The molecule has 0 aromatic heterocycles. The van der Waals surface area contributed by atoms with E-state index in [2.05, 4.69) is 28.7 Å². The van der Waals surface area contributed by atoms with Gasteiger partial charge in [-0.15, -0.1) is 0 Å². The number of carbonyl (C=O) groups is 1. The van der Waals surface area contributed by atoms with E-state index in [1.165, 1.54) is 0 Å². The first-order chi connectivity index (χ1) is 8.11. The molecule has 0 aliphatic carbocycles. The van der Waals surface area contributed by atoms with E-state index in [0.717, 1.165) is 32.1 Å². The summed E-state index contributed by atoms with van der Waals surface area (Å²) in [6, 6.07) is 11.6. The van der Waals surface area contributed by atoms with Gasteiger partial charge in [0.1, 0.15) is 6.29 Å². The molecule has 2 rings (SSSR count). The summed E-state index contributed by atoms with van der Waals surface area (Å²) in [5.41, 5.74) is 3.81. The number of hydrogen-bond donors (Lipinski definition) is 0. The normalized spacial score (nSPS) is 10.3.